The average Bonchev–Trinajstić information content (AvgIpc) is 3.30. The number of amides is 1. The van der Waals surface area contributed by atoms with E-state index in [4.69, 9.17) is 14.1 Å². The largest absolute Gasteiger partial charge is 0.469 e. The number of carbonyl (C=O) groups is 1. The van der Waals surface area contributed by atoms with Crippen molar-refractivity contribution in [2.45, 2.75) is 38.3 Å². The Bertz CT molecular complexity index is 775. The maximum Gasteiger partial charge on any atom is 0.224 e. The van der Waals surface area contributed by atoms with Gasteiger partial charge in [-0.1, -0.05) is 30.3 Å². The number of rotatable bonds is 9. The van der Waals surface area contributed by atoms with Crippen LogP contribution in [0.25, 0.3) is 0 Å². The first-order valence-corrected chi connectivity index (χ1v) is 10.6. The van der Waals surface area contributed by atoms with Crippen LogP contribution in [0.15, 0.2) is 58.1 Å². The van der Waals surface area contributed by atoms with Crippen molar-refractivity contribution in [3.05, 3.63) is 60.1 Å². The minimum Gasteiger partial charge on any atom is -0.469 e. The van der Waals surface area contributed by atoms with Crippen LogP contribution in [-0.4, -0.2) is 56.2 Å². The van der Waals surface area contributed by atoms with E-state index in [0.29, 0.717) is 25.6 Å². The number of guanidine groups is 1. The van der Waals surface area contributed by atoms with Crippen LogP contribution in [-0.2, 0) is 22.5 Å². The number of halogens is 1. The van der Waals surface area contributed by atoms with E-state index in [1.807, 2.05) is 35.2 Å². The highest BCUT2D eigenvalue weighted by molar-refractivity contribution is 14.0. The Hall–Kier alpha value is -2.07. The predicted octanol–water partition coefficient (Wildman–Crippen LogP) is 3.20. The summed E-state index contributed by atoms with van der Waals surface area (Å²) in [5, 5.41) is 6.97. The molecule has 0 saturated carbocycles. The van der Waals surface area contributed by atoms with Crippen LogP contribution in [0.4, 0.5) is 0 Å². The molecule has 170 valence electrons. The molecule has 1 aromatic carbocycles. The van der Waals surface area contributed by atoms with Crippen LogP contribution in [0.5, 0.6) is 0 Å². The second-order valence-electron chi connectivity index (χ2n) is 7.45. The number of carbonyl (C=O) groups excluding carboxylic acids is 1. The fraction of sp³-hybridized carbons (Fsp3) is 0.478. The monoisotopic (exact) mass is 540 g/mol. The van der Waals surface area contributed by atoms with Gasteiger partial charge in [-0.25, -0.2) is 4.99 Å². The lowest BCUT2D eigenvalue weighted by atomic mass is 10.0. The normalized spacial score (nSPS) is 14.7. The summed E-state index contributed by atoms with van der Waals surface area (Å²) in [6, 6.07) is 14.4. The Morgan fingerprint density at radius 2 is 1.97 bits per heavy atom. The molecule has 1 amide bonds. The van der Waals surface area contributed by atoms with Gasteiger partial charge in [0.25, 0.3) is 0 Å². The van der Waals surface area contributed by atoms with Gasteiger partial charge in [0, 0.05) is 39.2 Å². The molecule has 7 nitrogen and oxygen atoms in total. The van der Waals surface area contributed by atoms with Gasteiger partial charge in [0.2, 0.25) is 5.91 Å². The van der Waals surface area contributed by atoms with E-state index in [0.717, 1.165) is 50.6 Å². The molecular formula is C23H33IN4O3. The number of nitrogens with zero attached hydrogens (tertiary/aromatic N) is 2. The molecular weight excluding hydrogens is 507 g/mol. The van der Waals surface area contributed by atoms with Crippen LogP contribution in [0.1, 0.15) is 30.6 Å². The van der Waals surface area contributed by atoms with Gasteiger partial charge in [-0.15, -0.1) is 24.0 Å². The molecule has 0 radical (unpaired) electrons. The maximum absolute atomic E-state index is 12.2. The van der Waals surface area contributed by atoms with Crippen molar-refractivity contribution in [2.75, 3.05) is 33.4 Å². The Kier molecular flexibility index (Phi) is 11.4. The number of methoxy groups -OCH3 is 1. The lowest BCUT2D eigenvalue weighted by Crippen LogP contribution is -2.50. The molecule has 1 fully saturated rings. The molecule has 2 N–H and O–H groups in total. The second kappa shape index (κ2) is 14.1. The molecule has 1 aromatic heterocycles. The molecule has 0 bridgehead atoms. The number of aliphatic imine (C=N–C) groups is 1. The number of hydrogen-bond donors (Lipinski definition) is 2. The van der Waals surface area contributed by atoms with E-state index >= 15 is 0 Å². The van der Waals surface area contributed by atoms with Gasteiger partial charge in [-0.2, -0.15) is 0 Å². The zero-order valence-corrected chi connectivity index (χ0v) is 20.4. The van der Waals surface area contributed by atoms with E-state index in [9.17, 15) is 4.79 Å². The highest BCUT2D eigenvalue weighted by Gasteiger charge is 2.23. The van der Waals surface area contributed by atoms with Crippen molar-refractivity contribution < 1.29 is 13.9 Å². The first-order valence-electron chi connectivity index (χ1n) is 10.6. The number of likely N-dealkylation sites (tertiary alicyclic amines) is 1. The minimum atomic E-state index is 0. The fourth-order valence-corrected chi connectivity index (χ4v) is 3.48. The number of benzene rings is 1. The van der Waals surface area contributed by atoms with Crippen LogP contribution >= 0.6 is 24.0 Å². The third kappa shape index (κ3) is 8.90. The van der Waals surface area contributed by atoms with Crippen LogP contribution in [0.2, 0.25) is 0 Å². The van der Waals surface area contributed by atoms with E-state index in [1.165, 1.54) is 5.56 Å². The number of piperidine rings is 1. The van der Waals surface area contributed by atoms with Gasteiger partial charge < -0.3 is 24.7 Å². The van der Waals surface area contributed by atoms with E-state index in [1.54, 1.807) is 13.4 Å². The Balaban J connectivity index is 0.00000341. The molecule has 31 heavy (non-hydrogen) atoms. The van der Waals surface area contributed by atoms with Crippen molar-refractivity contribution in [1.82, 2.24) is 15.5 Å². The third-order valence-electron chi connectivity index (χ3n) is 5.22. The van der Waals surface area contributed by atoms with Crippen molar-refractivity contribution in [2.24, 2.45) is 4.99 Å². The van der Waals surface area contributed by atoms with Gasteiger partial charge in [0.1, 0.15) is 5.76 Å². The summed E-state index contributed by atoms with van der Waals surface area (Å²) in [4.78, 5) is 18.9. The predicted molar refractivity (Wildman–Crippen MR) is 133 cm³/mol. The first kappa shape index (κ1) is 25.2. The molecule has 0 unspecified atom stereocenters. The molecule has 0 aliphatic carbocycles. The topological polar surface area (TPSA) is 79.1 Å². The molecule has 0 atom stereocenters. The summed E-state index contributed by atoms with van der Waals surface area (Å²) in [6.45, 7) is 3.36. The number of ether oxygens (including phenoxy) is 1. The number of furan rings is 1. The van der Waals surface area contributed by atoms with Crippen molar-refractivity contribution in [3.8, 4) is 0 Å². The summed E-state index contributed by atoms with van der Waals surface area (Å²) >= 11 is 0. The average molecular weight is 540 g/mol. The highest BCUT2D eigenvalue weighted by Crippen LogP contribution is 2.12. The lowest BCUT2D eigenvalue weighted by Gasteiger charge is -2.33. The molecule has 0 spiro atoms. The summed E-state index contributed by atoms with van der Waals surface area (Å²) < 4.78 is 10.4. The smallest absolute Gasteiger partial charge is 0.224 e. The molecule has 2 heterocycles. The van der Waals surface area contributed by atoms with Crippen LogP contribution < -0.4 is 10.6 Å². The zero-order chi connectivity index (χ0) is 21.0. The standard InChI is InChI=1S/C23H32N4O3.HI/c1-29-17-12-22(28)27-14-10-20(11-15-27)26-23(24-13-9-21-8-5-16-30-21)25-18-19-6-3-2-4-7-19;/h2-8,16,20H,9-15,17-18H2,1H3,(H2,24,25,26);1H. The Labute approximate surface area is 201 Å². The van der Waals surface area contributed by atoms with E-state index < -0.39 is 0 Å². The number of hydrogen-bond acceptors (Lipinski definition) is 4. The van der Waals surface area contributed by atoms with Gasteiger partial charge >= 0.3 is 0 Å². The fourth-order valence-electron chi connectivity index (χ4n) is 3.48. The van der Waals surface area contributed by atoms with Crippen LogP contribution in [0, 0.1) is 0 Å². The Morgan fingerprint density at radius 1 is 1.19 bits per heavy atom. The van der Waals surface area contributed by atoms with Gasteiger partial charge in [-0.05, 0) is 30.5 Å². The van der Waals surface area contributed by atoms with Gasteiger partial charge in [0.15, 0.2) is 5.96 Å². The van der Waals surface area contributed by atoms with E-state index in [2.05, 4.69) is 22.8 Å². The second-order valence-corrected chi connectivity index (χ2v) is 7.45. The summed E-state index contributed by atoms with van der Waals surface area (Å²) in [6.07, 6.45) is 4.75. The van der Waals surface area contributed by atoms with Crippen molar-refractivity contribution in [3.63, 3.8) is 0 Å². The Morgan fingerprint density at radius 3 is 2.65 bits per heavy atom. The molecule has 1 aliphatic heterocycles. The van der Waals surface area contributed by atoms with Crippen LogP contribution in [0.3, 0.4) is 0 Å². The molecule has 2 aromatic rings. The third-order valence-corrected chi connectivity index (χ3v) is 5.22. The molecule has 8 heteroatoms. The summed E-state index contributed by atoms with van der Waals surface area (Å²) in [5.41, 5.74) is 1.17. The molecule has 1 saturated heterocycles. The number of nitrogens with one attached hydrogen (secondary N) is 2. The first-order chi connectivity index (χ1) is 14.7. The van der Waals surface area contributed by atoms with E-state index in [-0.39, 0.29) is 29.9 Å². The van der Waals surface area contributed by atoms with Gasteiger partial charge in [0.05, 0.1) is 25.8 Å². The minimum absolute atomic E-state index is 0. The molecule has 3 rings (SSSR count). The SMILES string of the molecule is COCCC(=O)N1CCC(NC(=NCc2ccccc2)NCCc2ccco2)CC1.I. The van der Waals surface area contributed by atoms with Crippen molar-refractivity contribution >= 4 is 35.8 Å². The summed E-state index contributed by atoms with van der Waals surface area (Å²) in [7, 11) is 1.62. The maximum atomic E-state index is 12.2. The van der Waals surface area contributed by atoms with Crippen molar-refractivity contribution in [1.29, 1.82) is 0 Å². The lowest BCUT2D eigenvalue weighted by molar-refractivity contribution is -0.133. The quantitative estimate of drug-likeness (QED) is 0.290. The molecule has 1 aliphatic rings. The summed E-state index contributed by atoms with van der Waals surface area (Å²) in [5.74, 6) is 1.92. The van der Waals surface area contributed by atoms with Gasteiger partial charge in [-0.3, -0.25) is 4.79 Å². The highest BCUT2D eigenvalue weighted by atomic mass is 127. The zero-order valence-electron chi connectivity index (χ0n) is 18.1.